The van der Waals surface area contributed by atoms with Crippen molar-refractivity contribution >= 4 is 0 Å². The third-order valence-electron chi connectivity index (χ3n) is 5.08. The minimum Gasteiger partial charge on any atom is -0.333 e. The molecule has 21 heavy (non-hydrogen) atoms. The van der Waals surface area contributed by atoms with Gasteiger partial charge < -0.3 is 10.3 Å². The molecule has 1 aromatic rings. The maximum Gasteiger partial charge on any atom is 0.391 e. The number of fused-ring (bicyclic) bond motifs is 1. The van der Waals surface area contributed by atoms with Gasteiger partial charge in [0.05, 0.1) is 12.5 Å². The number of halogens is 3. The lowest BCUT2D eigenvalue weighted by Crippen LogP contribution is -2.59. The van der Waals surface area contributed by atoms with E-state index in [1.807, 2.05) is 6.20 Å². The van der Waals surface area contributed by atoms with Crippen LogP contribution in [0.4, 0.5) is 13.2 Å². The molecule has 1 aliphatic heterocycles. The smallest absolute Gasteiger partial charge is 0.333 e. The van der Waals surface area contributed by atoms with E-state index in [1.165, 1.54) is 0 Å². The number of hydrogen-bond donors (Lipinski definition) is 1. The lowest BCUT2D eigenvalue weighted by atomic mass is 9.74. The first-order chi connectivity index (χ1) is 9.94. The van der Waals surface area contributed by atoms with E-state index in [0.29, 0.717) is 13.0 Å². The monoisotopic (exact) mass is 302 g/mol. The highest BCUT2D eigenvalue weighted by Crippen LogP contribution is 2.44. The van der Waals surface area contributed by atoms with Crippen molar-refractivity contribution in [3.05, 3.63) is 18.2 Å². The van der Waals surface area contributed by atoms with E-state index in [1.54, 1.807) is 6.20 Å². The normalized spacial score (nSPS) is 31.1. The predicted octanol–water partition coefficient (Wildman–Crippen LogP) is 2.15. The highest BCUT2D eigenvalue weighted by atomic mass is 19.4. The van der Waals surface area contributed by atoms with Gasteiger partial charge in [-0.3, -0.25) is 4.90 Å². The first-order valence-electron chi connectivity index (χ1n) is 7.46. The topological polar surface area (TPSA) is 47.1 Å². The summed E-state index contributed by atoms with van der Waals surface area (Å²) in [7, 11) is 0. The Morgan fingerprint density at radius 2 is 2.19 bits per heavy atom. The van der Waals surface area contributed by atoms with Gasteiger partial charge >= 0.3 is 6.18 Å². The minimum absolute atomic E-state index is 0.119. The quantitative estimate of drug-likeness (QED) is 0.910. The molecule has 1 fully saturated rings. The van der Waals surface area contributed by atoms with Gasteiger partial charge in [-0.15, -0.1) is 0 Å². The van der Waals surface area contributed by atoms with Crippen LogP contribution in [0.5, 0.6) is 0 Å². The molecule has 0 aromatic carbocycles. The van der Waals surface area contributed by atoms with Crippen molar-refractivity contribution in [3.8, 4) is 0 Å². The molecule has 0 radical (unpaired) electrons. The molecule has 1 saturated carbocycles. The fraction of sp³-hybridized carbons (Fsp3) is 0.786. The molecule has 1 aliphatic carbocycles. The molecule has 0 saturated heterocycles. The Morgan fingerprint density at radius 3 is 2.90 bits per heavy atom. The summed E-state index contributed by atoms with van der Waals surface area (Å²) < 4.78 is 41.4. The van der Waals surface area contributed by atoms with Gasteiger partial charge in [-0.2, -0.15) is 13.2 Å². The molecule has 3 rings (SSSR count). The molecule has 2 N–H and O–H groups in total. The molecule has 2 unspecified atom stereocenters. The molecule has 118 valence electrons. The summed E-state index contributed by atoms with van der Waals surface area (Å²) in [5, 5.41) is 0. The van der Waals surface area contributed by atoms with Gasteiger partial charge in [0.1, 0.15) is 5.82 Å². The molecular weight excluding hydrogens is 281 g/mol. The van der Waals surface area contributed by atoms with Crippen LogP contribution in [0.2, 0.25) is 0 Å². The summed E-state index contributed by atoms with van der Waals surface area (Å²) >= 11 is 0. The van der Waals surface area contributed by atoms with Crippen molar-refractivity contribution in [2.45, 2.75) is 50.5 Å². The Kier molecular flexibility index (Phi) is 3.73. The van der Waals surface area contributed by atoms with Crippen LogP contribution in [0.15, 0.2) is 12.4 Å². The fourth-order valence-corrected chi connectivity index (χ4v) is 3.80. The van der Waals surface area contributed by atoms with E-state index in [-0.39, 0.29) is 19.4 Å². The van der Waals surface area contributed by atoms with E-state index in [9.17, 15) is 13.2 Å². The maximum atomic E-state index is 13.1. The molecule has 7 heteroatoms. The van der Waals surface area contributed by atoms with Crippen molar-refractivity contribution in [1.82, 2.24) is 14.5 Å². The van der Waals surface area contributed by atoms with Crippen LogP contribution in [0.25, 0.3) is 0 Å². The second kappa shape index (κ2) is 5.28. The van der Waals surface area contributed by atoms with Gasteiger partial charge in [0.2, 0.25) is 0 Å². The Bertz CT molecular complexity index is 499. The number of nitrogens with zero attached hydrogens (tertiary/aromatic N) is 3. The second-order valence-corrected chi connectivity index (χ2v) is 6.22. The zero-order chi connectivity index (χ0) is 15.1. The molecule has 2 aliphatic rings. The average Bonchev–Trinajstić information content (AvgIpc) is 2.93. The van der Waals surface area contributed by atoms with Gasteiger partial charge in [0, 0.05) is 37.6 Å². The SMILES string of the molecule is NCC1(N2CCn3ccnc3C2)CCCC(C(F)(F)F)C1. The van der Waals surface area contributed by atoms with E-state index >= 15 is 0 Å². The van der Waals surface area contributed by atoms with Crippen LogP contribution in [-0.2, 0) is 13.1 Å². The van der Waals surface area contributed by atoms with Crippen LogP contribution < -0.4 is 5.73 Å². The number of aromatic nitrogens is 2. The molecule has 0 amide bonds. The summed E-state index contributed by atoms with van der Waals surface area (Å²) in [6, 6.07) is 0. The Hall–Kier alpha value is -1.08. The number of nitrogens with two attached hydrogens (primary N) is 1. The van der Waals surface area contributed by atoms with E-state index in [2.05, 4.69) is 14.5 Å². The fourth-order valence-electron chi connectivity index (χ4n) is 3.80. The number of alkyl halides is 3. The van der Waals surface area contributed by atoms with E-state index in [4.69, 9.17) is 5.73 Å². The van der Waals surface area contributed by atoms with Crippen LogP contribution in [0.1, 0.15) is 31.5 Å². The Balaban J connectivity index is 1.81. The highest BCUT2D eigenvalue weighted by Gasteiger charge is 2.49. The standard InChI is InChI=1S/C14H21F3N4/c15-14(16,17)11-2-1-3-13(8-11,10-18)21-7-6-20-5-4-19-12(20)9-21/h4-5,11H,1-3,6-10,18H2. The highest BCUT2D eigenvalue weighted by molar-refractivity contribution is 5.03. The zero-order valence-electron chi connectivity index (χ0n) is 11.9. The van der Waals surface area contributed by atoms with Crippen molar-refractivity contribution in [3.63, 3.8) is 0 Å². The second-order valence-electron chi connectivity index (χ2n) is 6.22. The van der Waals surface area contributed by atoms with Gasteiger partial charge in [0.25, 0.3) is 0 Å². The number of hydrogen-bond acceptors (Lipinski definition) is 3. The summed E-state index contributed by atoms with van der Waals surface area (Å²) in [6.45, 7) is 2.38. The Labute approximate surface area is 122 Å². The van der Waals surface area contributed by atoms with Crippen LogP contribution >= 0.6 is 0 Å². The van der Waals surface area contributed by atoms with E-state index < -0.39 is 17.6 Å². The van der Waals surface area contributed by atoms with Crippen molar-refractivity contribution in [1.29, 1.82) is 0 Å². The third-order valence-corrected chi connectivity index (χ3v) is 5.08. The van der Waals surface area contributed by atoms with Gasteiger partial charge in [-0.25, -0.2) is 4.98 Å². The maximum absolute atomic E-state index is 13.1. The lowest BCUT2D eigenvalue weighted by Gasteiger charge is -2.49. The van der Waals surface area contributed by atoms with Gasteiger partial charge in [0.15, 0.2) is 0 Å². The predicted molar refractivity (Wildman–Crippen MR) is 72.4 cm³/mol. The molecule has 4 nitrogen and oxygen atoms in total. The van der Waals surface area contributed by atoms with Crippen LogP contribution in [-0.4, -0.2) is 39.3 Å². The minimum atomic E-state index is -4.12. The van der Waals surface area contributed by atoms with Crippen molar-refractivity contribution in [2.24, 2.45) is 11.7 Å². The van der Waals surface area contributed by atoms with Crippen molar-refractivity contribution < 1.29 is 13.2 Å². The summed E-state index contributed by atoms with van der Waals surface area (Å²) in [5.41, 5.74) is 5.40. The molecule has 0 bridgehead atoms. The third kappa shape index (κ3) is 2.68. The van der Waals surface area contributed by atoms with Gasteiger partial charge in [-0.1, -0.05) is 6.42 Å². The summed E-state index contributed by atoms with van der Waals surface area (Å²) in [6.07, 6.45) is 1.23. The molecular formula is C14H21F3N4. The van der Waals surface area contributed by atoms with Crippen LogP contribution in [0, 0.1) is 5.92 Å². The average molecular weight is 302 g/mol. The van der Waals surface area contributed by atoms with E-state index in [0.717, 1.165) is 25.3 Å². The largest absolute Gasteiger partial charge is 0.391 e. The number of rotatable bonds is 2. The first kappa shape index (κ1) is 14.8. The molecule has 2 heterocycles. The zero-order valence-corrected chi connectivity index (χ0v) is 11.9. The van der Waals surface area contributed by atoms with Crippen LogP contribution in [0.3, 0.4) is 0 Å². The number of imidazole rings is 1. The van der Waals surface area contributed by atoms with Gasteiger partial charge in [-0.05, 0) is 19.3 Å². The summed E-state index contributed by atoms with van der Waals surface area (Å²) in [4.78, 5) is 6.43. The molecule has 2 atom stereocenters. The lowest BCUT2D eigenvalue weighted by molar-refractivity contribution is -0.194. The molecule has 0 spiro atoms. The van der Waals surface area contributed by atoms with Crippen molar-refractivity contribution in [2.75, 3.05) is 13.1 Å². The molecule has 1 aromatic heterocycles. The summed E-state index contributed by atoms with van der Waals surface area (Å²) in [5.74, 6) is -0.306. The Morgan fingerprint density at radius 1 is 1.38 bits per heavy atom. The first-order valence-corrected chi connectivity index (χ1v) is 7.46.